The first-order valence-electron chi connectivity index (χ1n) is 6.17. The van der Waals surface area contributed by atoms with Crippen LogP contribution in [0.3, 0.4) is 0 Å². The SMILES string of the molecule is Cn1cc(-c2nc(C3(N)CCCCC3)no2)nn1. The second kappa shape index (κ2) is 4.16. The smallest absolute Gasteiger partial charge is 0.280 e. The predicted octanol–water partition coefficient (Wildman–Crippen LogP) is 0.983. The van der Waals surface area contributed by atoms with Gasteiger partial charge < -0.3 is 10.3 Å². The van der Waals surface area contributed by atoms with Crippen molar-refractivity contribution < 1.29 is 4.52 Å². The Kier molecular flexibility index (Phi) is 2.62. The first kappa shape index (κ1) is 11.3. The molecule has 1 fully saturated rings. The van der Waals surface area contributed by atoms with Crippen LogP contribution in [0.15, 0.2) is 10.7 Å². The summed E-state index contributed by atoms with van der Waals surface area (Å²) in [6.07, 6.45) is 7.02. The molecule has 2 heterocycles. The van der Waals surface area contributed by atoms with Gasteiger partial charge in [0.25, 0.3) is 5.89 Å². The van der Waals surface area contributed by atoms with E-state index in [9.17, 15) is 0 Å². The highest BCUT2D eigenvalue weighted by atomic mass is 16.5. The lowest BCUT2D eigenvalue weighted by Crippen LogP contribution is -2.39. The lowest BCUT2D eigenvalue weighted by atomic mass is 9.82. The highest BCUT2D eigenvalue weighted by molar-refractivity contribution is 5.43. The summed E-state index contributed by atoms with van der Waals surface area (Å²) in [7, 11) is 1.79. The van der Waals surface area contributed by atoms with Crippen LogP contribution in [0, 0.1) is 0 Å². The summed E-state index contributed by atoms with van der Waals surface area (Å²) in [4.78, 5) is 4.37. The zero-order valence-electron chi connectivity index (χ0n) is 10.3. The van der Waals surface area contributed by atoms with E-state index >= 15 is 0 Å². The molecule has 2 aromatic heterocycles. The molecule has 7 nitrogen and oxygen atoms in total. The van der Waals surface area contributed by atoms with E-state index in [-0.39, 0.29) is 0 Å². The maximum absolute atomic E-state index is 6.35. The lowest BCUT2D eigenvalue weighted by Gasteiger charge is -2.29. The number of hydrogen-bond acceptors (Lipinski definition) is 6. The van der Waals surface area contributed by atoms with Crippen molar-refractivity contribution in [2.75, 3.05) is 0 Å². The van der Waals surface area contributed by atoms with E-state index in [0.29, 0.717) is 17.4 Å². The maximum Gasteiger partial charge on any atom is 0.280 e. The van der Waals surface area contributed by atoms with Gasteiger partial charge in [-0.15, -0.1) is 5.10 Å². The van der Waals surface area contributed by atoms with Gasteiger partial charge in [0.15, 0.2) is 11.5 Å². The van der Waals surface area contributed by atoms with Crippen LogP contribution in [-0.2, 0) is 12.6 Å². The molecular weight excluding hydrogens is 232 g/mol. The molecule has 1 saturated carbocycles. The highest BCUT2D eigenvalue weighted by Gasteiger charge is 2.34. The number of nitrogens with two attached hydrogens (primary N) is 1. The van der Waals surface area contributed by atoms with Crippen molar-refractivity contribution in [3.05, 3.63) is 12.0 Å². The van der Waals surface area contributed by atoms with Crippen molar-refractivity contribution in [2.24, 2.45) is 12.8 Å². The molecule has 0 aliphatic heterocycles. The van der Waals surface area contributed by atoms with Crippen LogP contribution in [0.5, 0.6) is 0 Å². The fraction of sp³-hybridized carbons (Fsp3) is 0.636. The van der Waals surface area contributed by atoms with Crippen LogP contribution in [0.25, 0.3) is 11.6 Å². The topological polar surface area (TPSA) is 95.7 Å². The van der Waals surface area contributed by atoms with Gasteiger partial charge in [-0.05, 0) is 12.8 Å². The summed E-state index contributed by atoms with van der Waals surface area (Å²) in [5, 5.41) is 11.8. The number of aryl methyl sites for hydroxylation is 1. The number of aromatic nitrogens is 5. The molecule has 3 rings (SSSR count). The second-order valence-corrected chi connectivity index (χ2v) is 4.92. The first-order chi connectivity index (χ1) is 8.67. The van der Waals surface area contributed by atoms with Crippen molar-refractivity contribution in [3.63, 3.8) is 0 Å². The molecule has 2 N–H and O–H groups in total. The fourth-order valence-electron chi connectivity index (χ4n) is 2.38. The minimum atomic E-state index is -0.442. The Labute approximate surface area is 104 Å². The van der Waals surface area contributed by atoms with E-state index in [2.05, 4.69) is 20.5 Å². The molecule has 18 heavy (non-hydrogen) atoms. The molecule has 0 bridgehead atoms. The maximum atomic E-state index is 6.35. The van der Waals surface area contributed by atoms with Gasteiger partial charge >= 0.3 is 0 Å². The van der Waals surface area contributed by atoms with Gasteiger partial charge in [-0.2, -0.15) is 4.98 Å². The minimum Gasteiger partial charge on any atom is -0.332 e. The third-order valence-corrected chi connectivity index (χ3v) is 3.44. The van der Waals surface area contributed by atoms with E-state index in [1.807, 2.05) is 0 Å². The lowest BCUT2D eigenvalue weighted by molar-refractivity contribution is 0.275. The normalized spacial score (nSPS) is 19.0. The average molecular weight is 248 g/mol. The highest BCUT2D eigenvalue weighted by Crippen LogP contribution is 2.33. The molecule has 1 aliphatic carbocycles. The van der Waals surface area contributed by atoms with Crippen LogP contribution < -0.4 is 5.73 Å². The summed E-state index contributed by atoms with van der Waals surface area (Å²) in [5.41, 5.74) is 6.49. The molecule has 0 unspecified atom stereocenters. The van der Waals surface area contributed by atoms with E-state index in [0.717, 1.165) is 25.7 Å². The molecular formula is C11H16N6O. The zero-order chi connectivity index (χ0) is 12.6. The van der Waals surface area contributed by atoms with Crippen molar-refractivity contribution in [2.45, 2.75) is 37.6 Å². The van der Waals surface area contributed by atoms with Gasteiger partial charge in [0.1, 0.15) is 0 Å². The summed E-state index contributed by atoms with van der Waals surface area (Å²) in [6.45, 7) is 0. The van der Waals surface area contributed by atoms with Gasteiger partial charge in [0, 0.05) is 7.05 Å². The molecule has 0 aromatic carbocycles. The van der Waals surface area contributed by atoms with Crippen molar-refractivity contribution in [1.82, 2.24) is 25.1 Å². The minimum absolute atomic E-state index is 0.383. The van der Waals surface area contributed by atoms with Crippen molar-refractivity contribution in [3.8, 4) is 11.6 Å². The number of rotatable bonds is 2. The molecule has 0 spiro atoms. The monoisotopic (exact) mass is 248 g/mol. The van der Waals surface area contributed by atoms with Gasteiger partial charge in [0.05, 0.1) is 11.7 Å². The Morgan fingerprint density at radius 2 is 2.11 bits per heavy atom. The number of hydrogen-bond donors (Lipinski definition) is 1. The van der Waals surface area contributed by atoms with Gasteiger partial charge in [0.2, 0.25) is 0 Å². The zero-order valence-corrected chi connectivity index (χ0v) is 10.3. The van der Waals surface area contributed by atoms with E-state index < -0.39 is 5.54 Å². The molecule has 0 radical (unpaired) electrons. The molecule has 0 atom stereocenters. The number of nitrogens with zero attached hydrogens (tertiary/aromatic N) is 5. The van der Waals surface area contributed by atoms with Crippen LogP contribution >= 0.6 is 0 Å². The summed E-state index contributed by atoms with van der Waals surface area (Å²) >= 11 is 0. The van der Waals surface area contributed by atoms with Crippen LogP contribution in [-0.4, -0.2) is 25.1 Å². The van der Waals surface area contributed by atoms with Gasteiger partial charge in [-0.25, -0.2) is 0 Å². The van der Waals surface area contributed by atoms with Crippen molar-refractivity contribution in [1.29, 1.82) is 0 Å². The summed E-state index contributed by atoms with van der Waals surface area (Å²) in [5.74, 6) is 0.969. The second-order valence-electron chi connectivity index (χ2n) is 4.92. The van der Waals surface area contributed by atoms with Crippen LogP contribution in [0.1, 0.15) is 37.9 Å². The third-order valence-electron chi connectivity index (χ3n) is 3.44. The standard InChI is InChI=1S/C11H16N6O/c1-17-7-8(14-16-17)9-13-10(15-18-9)11(12)5-3-2-4-6-11/h7H,2-6,12H2,1H3. The van der Waals surface area contributed by atoms with E-state index in [4.69, 9.17) is 10.3 Å². The molecule has 7 heteroatoms. The van der Waals surface area contributed by atoms with E-state index in [1.54, 1.807) is 17.9 Å². The molecule has 96 valence electrons. The Balaban J connectivity index is 1.89. The Morgan fingerprint density at radius 3 is 2.78 bits per heavy atom. The van der Waals surface area contributed by atoms with Crippen molar-refractivity contribution >= 4 is 0 Å². The Bertz CT molecular complexity index is 539. The average Bonchev–Trinajstić information content (AvgIpc) is 2.98. The largest absolute Gasteiger partial charge is 0.332 e. The molecule has 0 amide bonds. The Hall–Kier alpha value is -1.76. The quantitative estimate of drug-likeness (QED) is 0.851. The molecule has 0 saturated heterocycles. The summed E-state index contributed by atoms with van der Waals surface area (Å²) < 4.78 is 6.82. The Morgan fingerprint density at radius 1 is 1.33 bits per heavy atom. The van der Waals surface area contributed by atoms with Crippen LogP contribution in [0.2, 0.25) is 0 Å². The predicted molar refractivity (Wildman–Crippen MR) is 63.2 cm³/mol. The van der Waals surface area contributed by atoms with Gasteiger partial charge in [-0.3, -0.25) is 4.68 Å². The third kappa shape index (κ3) is 1.90. The van der Waals surface area contributed by atoms with Gasteiger partial charge in [-0.1, -0.05) is 29.6 Å². The molecule has 1 aliphatic rings. The van der Waals surface area contributed by atoms with E-state index in [1.165, 1.54) is 6.42 Å². The first-order valence-corrected chi connectivity index (χ1v) is 6.17. The van der Waals surface area contributed by atoms with Crippen LogP contribution in [0.4, 0.5) is 0 Å². The fourth-order valence-corrected chi connectivity index (χ4v) is 2.38. The molecule has 2 aromatic rings. The summed E-state index contributed by atoms with van der Waals surface area (Å²) in [6, 6.07) is 0.